The van der Waals surface area contributed by atoms with Crippen molar-refractivity contribution in [1.82, 2.24) is 13.7 Å². The van der Waals surface area contributed by atoms with Gasteiger partial charge in [0.1, 0.15) is 6.10 Å². The maximum atomic E-state index is 13.4. The lowest BCUT2D eigenvalue weighted by Gasteiger charge is -2.28. The summed E-state index contributed by atoms with van der Waals surface area (Å²) in [5.41, 5.74) is 1.60. The first-order valence-corrected chi connectivity index (χ1v) is 10.8. The van der Waals surface area contributed by atoms with Crippen LogP contribution in [-0.2, 0) is 25.4 Å². The molecular formula is C24H22N4O7. The number of aromatic nitrogens is 3. The second kappa shape index (κ2) is 7.84. The SMILES string of the molecule is Cc1ccc(-c2c3c(=O)n(C)c(=O)n(C)c3c3n2CCO[C@@H]3c2ccc(O)c(O)c2)cc1[N+](=O)[O-]. The quantitative estimate of drug-likeness (QED) is 0.262. The molecular weight excluding hydrogens is 456 g/mol. The van der Waals surface area contributed by atoms with Gasteiger partial charge in [-0.3, -0.25) is 24.0 Å². The van der Waals surface area contributed by atoms with Crippen molar-refractivity contribution in [2.75, 3.05) is 6.61 Å². The molecule has 1 atom stereocenters. The van der Waals surface area contributed by atoms with Crippen molar-refractivity contribution in [3.63, 3.8) is 0 Å². The summed E-state index contributed by atoms with van der Waals surface area (Å²) in [6.07, 6.45) is -0.773. The molecule has 35 heavy (non-hydrogen) atoms. The van der Waals surface area contributed by atoms with E-state index in [1.807, 2.05) is 4.57 Å². The van der Waals surface area contributed by atoms with E-state index in [1.165, 1.54) is 29.8 Å². The summed E-state index contributed by atoms with van der Waals surface area (Å²) in [7, 11) is 2.93. The minimum atomic E-state index is -0.773. The number of phenolic OH excluding ortho intramolecular Hbond substituents is 2. The number of nitrogens with zero attached hydrogens (tertiary/aromatic N) is 4. The van der Waals surface area contributed by atoms with Gasteiger partial charge in [-0.05, 0) is 24.6 Å². The number of phenols is 2. The van der Waals surface area contributed by atoms with Gasteiger partial charge in [-0.25, -0.2) is 4.79 Å². The van der Waals surface area contributed by atoms with E-state index in [9.17, 15) is 29.9 Å². The molecule has 1 aliphatic heterocycles. The first-order chi connectivity index (χ1) is 16.6. The molecule has 2 aromatic carbocycles. The summed E-state index contributed by atoms with van der Waals surface area (Å²) in [5, 5.41) is 31.7. The molecule has 0 saturated heterocycles. The monoisotopic (exact) mass is 478 g/mol. The highest BCUT2D eigenvalue weighted by Crippen LogP contribution is 2.42. The Kier molecular flexibility index (Phi) is 5.02. The third-order valence-electron chi connectivity index (χ3n) is 6.53. The zero-order chi connectivity index (χ0) is 25.2. The van der Waals surface area contributed by atoms with Gasteiger partial charge in [-0.15, -0.1) is 0 Å². The van der Waals surface area contributed by atoms with Gasteiger partial charge in [0, 0.05) is 37.8 Å². The topological polar surface area (TPSA) is 142 Å². The van der Waals surface area contributed by atoms with Gasteiger partial charge in [-0.1, -0.05) is 18.2 Å². The van der Waals surface area contributed by atoms with Crippen LogP contribution < -0.4 is 11.2 Å². The van der Waals surface area contributed by atoms with Crippen molar-refractivity contribution >= 4 is 16.6 Å². The Bertz CT molecular complexity index is 1660. The minimum absolute atomic E-state index is 0.0834. The van der Waals surface area contributed by atoms with Crippen LogP contribution in [0.3, 0.4) is 0 Å². The normalized spacial score (nSPS) is 15.3. The van der Waals surface area contributed by atoms with E-state index in [-0.39, 0.29) is 29.2 Å². The van der Waals surface area contributed by atoms with Crippen LogP contribution in [0.15, 0.2) is 46.0 Å². The van der Waals surface area contributed by atoms with Crippen LogP contribution in [0.1, 0.15) is 22.9 Å². The number of nitro benzene ring substituents is 1. The van der Waals surface area contributed by atoms with Crippen molar-refractivity contribution in [2.24, 2.45) is 14.1 Å². The van der Waals surface area contributed by atoms with Crippen LogP contribution in [0.5, 0.6) is 11.5 Å². The van der Waals surface area contributed by atoms with E-state index in [1.54, 1.807) is 32.2 Å². The Morgan fingerprint density at radius 2 is 1.80 bits per heavy atom. The molecule has 2 aromatic heterocycles. The van der Waals surface area contributed by atoms with E-state index in [0.717, 1.165) is 4.57 Å². The molecule has 180 valence electrons. The summed E-state index contributed by atoms with van der Waals surface area (Å²) < 4.78 is 10.2. The zero-order valence-corrected chi connectivity index (χ0v) is 19.2. The van der Waals surface area contributed by atoms with E-state index < -0.39 is 22.3 Å². The van der Waals surface area contributed by atoms with Crippen LogP contribution in [0.25, 0.3) is 22.2 Å². The molecule has 4 aromatic rings. The predicted molar refractivity (Wildman–Crippen MR) is 127 cm³/mol. The molecule has 0 amide bonds. The number of ether oxygens (including phenoxy) is 1. The Hall–Kier alpha value is -4.38. The number of aryl methyl sites for hydroxylation is 2. The number of hydrogen-bond donors (Lipinski definition) is 2. The van der Waals surface area contributed by atoms with Crippen LogP contribution in [-0.4, -0.2) is 35.4 Å². The molecule has 11 nitrogen and oxygen atoms in total. The van der Waals surface area contributed by atoms with Gasteiger partial charge in [0.05, 0.1) is 33.8 Å². The standard InChI is InChI=1S/C24H22N4O7/c1-12-4-5-13(10-15(12)28(33)34)19-18-20(25(2)24(32)26(3)23(18)31)21-22(35-9-8-27(19)21)14-6-7-16(29)17(30)11-14/h4-7,10-11,22,29-30H,8-9H2,1-3H3/t22-/m1/s1. The van der Waals surface area contributed by atoms with Gasteiger partial charge in [0.15, 0.2) is 11.5 Å². The molecule has 5 rings (SSSR count). The number of nitro groups is 1. The summed E-state index contributed by atoms with van der Waals surface area (Å²) in [4.78, 5) is 37.5. The Morgan fingerprint density at radius 3 is 2.49 bits per heavy atom. The van der Waals surface area contributed by atoms with Gasteiger partial charge < -0.3 is 19.5 Å². The molecule has 1 aliphatic rings. The molecule has 0 aliphatic carbocycles. The molecule has 0 fully saturated rings. The van der Waals surface area contributed by atoms with Crippen molar-refractivity contribution in [2.45, 2.75) is 19.6 Å². The Labute approximate surface area is 197 Å². The number of fused-ring (bicyclic) bond motifs is 3. The Morgan fingerprint density at radius 1 is 1.06 bits per heavy atom. The highest BCUT2D eigenvalue weighted by molar-refractivity contribution is 5.97. The molecule has 3 heterocycles. The maximum absolute atomic E-state index is 13.4. The number of rotatable bonds is 3. The first kappa shape index (κ1) is 22.4. The third kappa shape index (κ3) is 3.23. The molecule has 2 N–H and O–H groups in total. The highest BCUT2D eigenvalue weighted by Gasteiger charge is 2.33. The van der Waals surface area contributed by atoms with E-state index >= 15 is 0 Å². The molecule has 0 bridgehead atoms. The number of benzene rings is 2. The van der Waals surface area contributed by atoms with E-state index in [4.69, 9.17) is 4.74 Å². The maximum Gasteiger partial charge on any atom is 0.331 e. The van der Waals surface area contributed by atoms with Crippen LogP contribution in [0.4, 0.5) is 5.69 Å². The van der Waals surface area contributed by atoms with Gasteiger partial charge >= 0.3 is 5.69 Å². The fraction of sp³-hybridized carbons (Fsp3) is 0.250. The smallest absolute Gasteiger partial charge is 0.331 e. The lowest BCUT2D eigenvalue weighted by Crippen LogP contribution is -2.37. The lowest BCUT2D eigenvalue weighted by atomic mass is 10.0. The summed E-state index contributed by atoms with van der Waals surface area (Å²) in [5.74, 6) is -0.628. The predicted octanol–water partition coefficient (Wildman–Crippen LogP) is 2.45. The fourth-order valence-electron chi connectivity index (χ4n) is 4.79. The fourth-order valence-corrected chi connectivity index (χ4v) is 4.79. The second-order valence-electron chi connectivity index (χ2n) is 8.57. The number of hydrogen-bond acceptors (Lipinski definition) is 7. The Balaban J connectivity index is 1.93. The van der Waals surface area contributed by atoms with E-state index in [0.29, 0.717) is 40.1 Å². The van der Waals surface area contributed by atoms with Crippen LogP contribution in [0.2, 0.25) is 0 Å². The largest absolute Gasteiger partial charge is 0.504 e. The van der Waals surface area contributed by atoms with Crippen molar-refractivity contribution in [3.05, 3.63) is 84.2 Å². The molecule has 11 heteroatoms. The van der Waals surface area contributed by atoms with E-state index in [2.05, 4.69) is 0 Å². The third-order valence-corrected chi connectivity index (χ3v) is 6.53. The number of aromatic hydroxyl groups is 2. The van der Waals surface area contributed by atoms with Gasteiger partial charge in [0.25, 0.3) is 11.2 Å². The van der Waals surface area contributed by atoms with Gasteiger partial charge in [0.2, 0.25) is 0 Å². The first-order valence-electron chi connectivity index (χ1n) is 10.8. The molecule has 0 spiro atoms. The molecule has 0 saturated carbocycles. The average Bonchev–Trinajstić information content (AvgIpc) is 3.19. The molecule has 0 unspecified atom stereocenters. The van der Waals surface area contributed by atoms with Crippen molar-refractivity contribution in [3.8, 4) is 22.8 Å². The summed E-state index contributed by atoms with van der Waals surface area (Å²) in [6.45, 7) is 2.21. The summed E-state index contributed by atoms with van der Waals surface area (Å²) >= 11 is 0. The summed E-state index contributed by atoms with van der Waals surface area (Å²) in [6, 6.07) is 9.05. The van der Waals surface area contributed by atoms with Crippen molar-refractivity contribution in [1.29, 1.82) is 0 Å². The van der Waals surface area contributed by atoms with Gasteiger partial charge in [-0.2, -0.15) is 0 Å². The lowest BCUT2D eigenvalue weighted by molar-refractivity contribution is -0.385. The van der Waals surface area contributed by atoms with Crippen LogP contribution >= 0.6 is 0 Å². The minimum Gasteiger partial charge on any atom is -0.504 e. The van der Waals surface area contributed by atoms with Crippen LogP contribution in [0, 0.1) is 17.0 Å². The zero-order valence-electron chi connectivity index (χ0n) is 19.2. The second-order valence-corrected chi connectivity index (χ2v) is 8.57. The molecule has 0 radical (unpaired) electrons. The highest BCUT2D eigenvalue weighted by atomic mass is 16.6. The van der Waals surface area contributed by atoms with Crippen molar-refractivity contribution < 1.29 is 19.9 Å². The average molecular weight is 478 g/mol.